The van der Waals surface area contributed by atoms with E-state index in [2.05, 4.69) is 15.3 Å². The van der Waals surface area contributed by atoms with Gasteiger partial charge in [0, 0.05) is 0 Å². The smallest absolute Gasteiger partial charge is 0.325 e. The summed E-state index contributed by atoms with van der Waals surface area (Å²) in [5, 5.41) is 21.6. The van der Waals surface area contributed by atoms with Crippen LogP contribution in [0.5, 0.6) is 0 Å². The number of carbonyl (C=O) groups excluding carboxylic acids is 2. The molecule has 2 aromatic carbocycles. The van der Waals surface area contributed by atoms with Gasteiger partial charge in [-0.1, -0.05) is 24.3 Å². The van der Waals surface area contributed by atoms with E-state index in [-0.39, 0.29) is 17.0 Å². The second kappa shape index (κ2) is 8.67. The van der Waals surface area contributed by atoms with E-state index in [9.17, 15) is 24.3 Å². The summed E-state index contributed by atoms with van der Waals surface area (Å²) in [7, 11) is 0. The number of allylic oxidation sites excluding steroid dienone is 1. The fourth-order valence-electron chi connectivity index (χ4n) is 2.49. The first-order valence-corrected chi connectivity index (χ1v) is 8.45. The van der Waals surface area contributed by atoms with Gasteiger partial charge in [0.25, 0.3) is 5.91 Å². The number of aliphatic hydroxyl groups excluding tert-OH is 1. The molecule has 0 radical (unpaired) electrons. The van der Waals surface area contributed by atoms with Gasteiger partial charge in [0.1, 0.15) is 30.6 Å². The molecule has 0 saturated carbocycles. The number of H-pyrrole nitrogens is 1. The van der Waals surface area contributed by atoms with Crippen LogP contribution in [0.2, 0.25) is 0 Å². The van der Waals surface area contributed by atoms with Gasteiger partial charge in [-0.05, 0) is 24.3 Å². The zero-order valence-corrected chi connectivity index (χ0v) is 15.0. The van der Waals surface area contributed by atoms with E-state index < -0.39 is 36.6 Å². The largest absolute Gasteiger partial charge is 0.507 e. The first-order valence-electron chi connectivity index (χ1n) is 8.45. The standard InChI is InChI=1S/C20H15FN4O4/c21-14-6-2-1-5-12(14)20(28)23-10-18(27)29-11-17(26)13(9-22)19-24-15-7-3-4-8-16(15)25-19/h1-8,26H,10-11H2,(H,23,28)(H,24,25). The number of fused-ring (bicyclic) bond motifs is 1. The zero-order chi connectivity index (χ0) is 20.8. The van der Waals surface area contributed by atoms with Crippen molar-refractivity contribution in [2.24, 2.45) is 0 Å². The van der Waals surface area contributed by atoms with Crippen LogP contribution in [0.15, 0.2) is 54.3 Å². The van der Waals surface area contributed by atoms with Gasteiger partial charge in [-0.15, -0.1) is 0 Å². The third kappa shape index (κ3) is 4.56. The van der Waals surface area contributed by atoms with Gasteiger partial charge in [-0.25, -0.2) is 9.37 Å². The second-order valence-corrected chi connectivity index (χ2v) is 5.86. The number of aliphatic hydroxyl groups is 1. The van der Waals surface area contributed by atoms with Crippen LogP contribution in [0.3, 0.4) is 0 Å². The Morgan fingerprint density at radius 1 is 1.21 bits per heavy atom. The summed E-state index contributed by atoms with van der Waals surface area (Å²) >= 11 is 0. The lowest BCUT2D eigenvalue weighted by atomic mass is 10.2. The van der Waals surface area contributed by atoms with Crippen LogP contribution in [0, 0.1) is 17.1 Å². The van der Waals surface area contributed by atoms with Crippen molar-refractivity contribution in [3.8, 4) is 6.07 Å². The number of benzene rings is 2. The number of nitrogens with zero attached hydrogens (tertiary/aromatic N) is 2. The molecule has 0 aliphatic rings. The Morgan fingerprint density at radius 3 is 2.66 bits per heavy atom. The summed E-state index contributed by atoms with van der Waals surface area (Å²) in [4.78, 5) is 30.7. The van der Waals surface area contributed by atoms with Gasteiger partial charge in [0.2, 0.25) is 0 Å². The van der Waals surface area contributed by atoms with E-state index in [4.69, 9.17) is 4.74 Å². The Morgan fingerprint density at radius 2 is 1.93 bits per heavy atom. The maximum Gasteiger partial charge on any atom is 0.325 e. The molecular weight excluding hydrogens is 379 g/mol. The molecule has 0 bridgehead atoms. The lowest BCUT2D eigenvalue weighted by Crippen LogP contribution is -2.31. The number of nitrogens with one attached hydrogen (secondary N) is 2. The predicted molar refractivity (Wildman–Crippen MR) is 101 cm³/mol. The quantitative estimate of drug-likeness (QED) is 0.335. The molecule has 8 nitrogen and oxygen atoms in total. The molecule has 3 rings (SSSR count). The Labute approximate surface area is 164 Å². The fraction of sp³-hybridized carbons (Fsp3) is 0.100. The lowest BCUT2D eigenvalue weighted by molar-refractivity contribution is -0.142. The number of carbonyl (C=O) groups is 2. The summed E-state index contributed by atoms with van der Waals surface area (Å²) in [6.45, 7) is -1.12. The van der Waals surface area contributed by atoms with Crippen LogP contribution in [0.1, 0.15) is 16.2 Å². The average Bonchev–Trinajstić information content (AvgIpc) is 3.15. The molecule has 1 heterocycles. The lowest BCUT2D eigenvalue weighted by Gasteiger charge is -2.07. The third-order valence-electron chi connectivity index (χ3n) is 3.91. The van der Waals surface area contributed by atoms with Crippen molar-refractivity contribution in [3.05, 3.63) is 71.5 Å². The molecule has 9 heteroatoms. The Bertz CT molecular complexity index is 1110. The highest BCUT2D eigenvalue weighted by atomic mass is 19.1. The average molecular weight is 394 g/mol. The number of hydrogen-bond acceptors (Lipinski definition) is 6. The summed E-state index contributed by atoms with van der Waals surface area (Å²) in [5.41, 5.74) is 0.899. The minimum Gasteiger partial charge on any atom is -0.507 e. The number of aromatic amines is 1. The number of para-hydroxylation sites is 2. The van der Waals surface area contributed by atoms with Crippen LogP contribution in [-0.2, 0) is 9.53 Å². The Kier molecular flexibility index (Phi) is 5.85. The number of halogens is 1. The number of nitriles is 1. The van der Waals surface area contributed by atoms with Gasteiger partial charge in [0.05, 0.1) is 16.6 Å². The molecule has 0 fully saturated rings. The maximum atomic E-state index is 13.5. The van der Waals surface area contributed by atoms with E-state index in [0.717, 1.165) is 6.07 Å². The number of hydrogen-bond donors (Lipinski definition) is 3. The molecule has 29 heavy (non-hydrogen) atoms. The summed E-state index contributed by atoms with van der Waals surface area (Å²) in [5.74, 6) is -2.73. The first-order chi connectivity index (χ1) is 14.0. The van der Waals surface area contributed by atoms with Gasteiger partial charge in [0.15, 0.2) is 11.6 Å². The van der Waals surface area contributed by atoms with Crippen LogP contribution < -0.4 is 5.32 Å². The highest BCUT2D eigenvalue weighted by Crippen LogP contribution is 2.18. The molecule has 1 amide bonds. The first kappa shape index (κ1) is 19.6. The molecule has 3 N–H and O–H groups in total. The number of esters is 1. The van der Waals surface area contributed by atoms with E-state index in [1.165, 1.54) is 18.2 Å². The molecule has 3 aromatic rings. The van der Waals surface area contributed by atoms with Gasteiger partial charge >= 0.3 is 5.97 Å². The molecule has 1 aromatic heterocycles. The Hall–Kier alpha value is -4.19. The molecular formula is C20H15FN4O4. The molecule has 146 valence electrons. The fourth-order valence-corrected chi connectivity index (χ4v) is 2.49. The molecule has 0 unspecified atom stereocenters. The third-order valence-corrected chi connectivity index (χ3v) is 3.91. The minimum absolute atomic E-state index is 0.134. The molecule has 0 aliphatic heterocycles. The van der Waals surface area contributed by atoms with Crippen LogP contribution in [0.4, 0.5) is 4.39 Å². The van der Waals surface area contributed by atoms with E-state index in [1.807, 2.05) is 6.07 Å². The zero-order valence-electron chi connectivity index (χ0n) is 15.0. The topological polar surface area (TPSA) is 128 Å². The van der Waals surface area contributed by atoms with E-state index >= 15 is 0 Å². The van der Waals surface area contributed by atoms with Crippen molar-refractivity contribution >= 4 is 28.5 Å². The number of amides is 1. The number of aromatic nitrogens is 2. The van der Waals surface area contributed by atoms with Gasteiger partial charge in [-0.2, -0.15) is 5.26 Å². The van der Waals surface area contributed by atoms with Gasteiger partial charge < -0.3 is 20.1 Å². The SMILES string of the molecule is N#CC(=C(O)COC(=O)CNC(=O)c1ccccc1F)c1nc2ccccc2[nH]1. The van der Waals surface area contributed by atoms with Crippen molar-refractivity contribution in [3.63, 3.8) is 0 Å². The van der Waals surface area contributed by atoms with Crippen molar-refractivity contribution in [2.75, 3.05) is 13.2 Å². The maximum absolute atomic E-state index is 13.5. The van der Waals surface area contributed by atoms with Crippen molar-refractivity contribution in [2.45, 2.75) is 0 Å². The van der Waals surface area contributed by atoms with Crippen LogP contribution in [-0.4, -0.2) is 40.1 Å². The van der Waals surface area contributed by atoms with Crippen LogP contribution in [0.25, 0.3) is 16.6 Å². The summed E-state index contributed by atoms with van der Waals surface area (Å²) in [6.07, 6.45) is 0. The van der Waals surface area contributed by atoms with E-state index in [1.54, 1.807) is 24.3 Å². The number of ether oxygens (including phenoxy) is 1. The molecule has 0 atom stereocenters. The highest BCUT2D eigenvalue weighted by molar-refractivity contribution is 5.96. The Balaban J connectivity index is 1.60. The molecule has 0 aliphatic carbocycles. The molecule has 0 saturated heterocycles. The second-order valence-electron chi connectivity index (χ2n) is 5.86. The van der Waals surface area contributed by atoms with Gasteiger partial charge in [-0.3, -0.25) is 9.59 Å². The normalized spacial score (nSPS) is 11.4. The monoisotopic (exact) mass is 394 g/mol. The van der Waals surface area contributed by atoms with Crippen molar-refractivity contribution < 1.29 is 23.8 Å². The minimum atomic E-state index is -0.872. The summed E-state index contributed by atoms with van der Waals surface area (Å²) < 4.78 is 18.4. The predicted octanol–water partition coefficient (Wildman–Crippen LogP) is 2.47. The van der Waals surface area contributed by atoms with E-state index in [0.29, 0.717) is 11.0 Å². The highest BCUT2D eigenvalue weighted by Gasteiger charge is 2.16. The molecule has 0 spiro atoms. The summed E-state index contributed by atoms with van der Waals surface area (Å²) in [6, 6.07) is 14.2. The number of imidazole rings is 1. The van der Waals surface area contributed by atoms with Crippen LogP contribution >= 0.6 is 0 Å². The van der Waals surface area contributed by atoms with Crippen molar-refractivity contribution in [1.82, 2.24) is 15.3 Å². The van der Waals surface area contributed by atoms with Crippen molar-refractivity contribution in [1.29, 1.82) is 5.26 Å². The number of rotatable bonds is 6.